The van der Waals surface area contributed by atoms with Crippen LogP contribution in [0.4, 0.5) is 0 Å². The number of hydrogen-bond acceptors (Lipinski definition) is 2. The Labute approximate surface area is 74.9 Å². The zero-order valence-electron chi connectivity index (χ0n) is 7.33. The standard InChI is InChI=1S/C9H13O2P/c1-6(11-7(2)10)8-4-3-5-9(8)12/h4-6H,3,12H2,1-2H3/t6-/m1/s1. The van der Waals surface area contributed by atoms with Crippen molar-refractivity contribution in [3.8, 4) is 0 Å². The van der Waals surface area contributed by atoms with Gasteiger partial charge in [0.05, 0.1) is 0 Å². The van der Waals surface area contributed by atoms with E-state index < -0.39 is 0 Å². The van der Waals surface area contributed by atoms with Gasteiger partial charge in [-0.15, -0.1) is 9.24 Å². The third kappa shape index (κ3) is 2.18. The number of ether oxygens (including phenoxy) is 1. The second-order valence-electron chi connectivity index (χ2n) is 2.81. The molecule has 0 saturated carbocycles. The second kappa shape index (κ2) is 3.86. The molecule has 1 aliphatic rings. The minimum Gasteiger partial charge on any atom is -0.458 e. The van der Waals surface area contributed by atoms with E-state index in [2.05, 4.69) is 21.4 Å². The van der Waals surface area contributed by atoms with Gasteiger partial charge < -0.3 is 4.74 Å². The van der Waals surface area contributed by atoms with Crippen LogP contribution in [-0.4, -0.2) is 12.1 Å². The van der Waals surface area contributed by atoms with Crippen molar-refractivity contribution in [1.29, 1.82) is 0 Å². The Hall–Kier alpha value is -0.620. The van der Waals surface area contributed by atoms with Crippen LogP contribution in [0.2, 0.25) is 0 Å². The first-order valence-electron chi connectivity index (χ1n) is 3.94. The second-order valence-corrected chi connectivity index (χ2v) is 3.43. The fourth-order valence-corrected chi connectivity index (χ4v) is 1.75. The molecular weight excluding hydrogens is 171 g/mol. The van der Waals surface area contributed by atoms with E-state index >= 15 is 0 Å². The summed E-state index contributed by atoms with van der Waals surface area (Å²) in [6.07, 6.45) is 5.00. The van der Waals surface area contributed by atoms with Crippen LogP contribution in [0.25, 0.3) is 0 Å². The molecule has 0 fully saturated rings. The topological polar surface area (TPSA) is 26.3 Å². The number of rotatable bonds is 2. The molecule has 3 heteroatoms. The lowest BCUT2D eigenvalue weighted by Crippen LogP contribution is -2.14. The molecular formula is C9H13O2P. The van der Waals surface area contributed by atoms with Crippen molar-refractivity contribution < 1.29 is 9.53 Å². The minimum atomic E-state index is -0.229. The van der Waals surface area contributed by atoms with Gasteiger partial charge in [0.2, 0.25) is 0 Å². The molecule has 0 radical (unpaired) electrons. The van der Waals surface area contributed by atoms with Crippen LogP contribution in [0.15, 0.2) is 23.0 Å². The van der Waals surface area contributed by atoms with E-state index in [1.807, 2.05) is 6.92 Å². The summed E-state index contributed by atoms with van der Waals surface area (Å²) in [5, 5.41) is 1.14. The van der Waals surface area contributed by atoms with Gasteiger partial charge in [-0.25, -0.2) is 0 Å². The van der Waals surface area contributed by atoms with Crippen LogP contribution in [-0.2, 0) is 9.53 Å². The molecule has 0 aromatic rings. The molecule has 0 spiro atoms. The molecule has 1 unspecified atom stereocenters. The van der Waals surface area contributed by atoms with E-state index in [1.54, 1.807) is 0 Å². The monoisotopic (exact) mass is 184 g/mol. The smallest absolute Gasteiger partial charge is 0.303 e. The average molecular weight is 184 g/mol. The summed E-state index contributed by atoms with van der Waals surface area (Å²) in [4.78, 5) is 10.6. The Kier molecular flexibility index (Phi) is 3.05. The van der Waals surface area contributed by atoms with Crippen LogP contribution in [0.5, 0.6) is 0 Å². The van der Waals surface area contributed by atoms with Crippen molar-refractivity contribution in [2.45, 2.75) is 26.4 Å². The van der Waals surface area contributed by atoms with Crippen molar-refractivity contribution in [1.82, 2.24) is 0 Å². The van der Waals surface area contributed by atoms with Crippen LogP contribution in [0.3, 0.4) is 0 Å². The SMILES string of the molecule is CC(=O)O[C@H](C)C1=CCC=C1P. The van der Waals surface area contributed by atoms with Crippen LogP contribution in [0, 0.1) is 0 Å². The van der Waals surface area contributed by atoms with Gasteiger partial charge in [0, 0.05) is 6.92 Å². The molecule has 0 heterocycles. The predicted octanol–water partition coefficient (Wildman–Crippen LogP) is 2.03. The highest BCUT2D eigenvalue weighted by molar-refractivity contribution is 7.23. The Morgan fingerprint density at radius 3 is 2.75 bits per heavy atom. The molecule has 0 bridgehead atoms. The summed E-state index contributed by atoms with van der Waals surface area (Å²) in [6, 6.07) is 0. The van der Waals surface area contributed by atoms with Gasteiger partial charge >= 0.3 is 5.97 Å². The number of carbonyl (C=O) groups is 1. The molecule has 66 valence electrons. The molecule has 0 aliphatic heterocycles. The fourth-order valence-electron chi connectivity index (χ4n) is 1.26. The fraction of sp³-hybridized carbons (Fsp3) is 0.444. The molecule has 0 N–H and O–H groups in total. The molecule has 0 aromatic heterocycles. The lowest BCUT2D eigenvalue weighted by atomic mass is 10.2. The Balaban J connectivity index is 2.59. The quantitative estimate of drug-likeness (QED) is 0.484. The predicted molar refractivity (Wildman–Crippen MR) is 51.7 cm³/mol. The molecule has 2 atom stereocenters. The first kappa shape index (κ1) is 9.47. The van der Waals surface area contributed by atoms with Gasteiger partial charge in [0.1, 0.15) is 6.10 Å². The largest absolute Gasteiger partial charge is 0.458 e. The van der Waals surface area contributed by atoms with Gasteiger partial charge in [-0.1, -0.05) is 12.2 Å². The van der Waals surface area contributed by atoms with Crippen LogP contribution >= 0.6 is 9.24 Å². The van der Waals surface area contributed by atoms with Crippen molar-refractivity contribution in [3.05, 3.63) is 23.0 Å². The molecule has 2 nitrogen and oxygen atoms in total. The van der Waals surface area contributed by atoms with Crippen molar-refractivity contribution in [3.63, 3.8) is 0 Å². The summed E-state index contributed by atoms with van der Waals surface area (Å²) in [7, 11) is 2.64. The molecule has 1 aliphatic carbocycles. The van der Waals surface area contributed by atoms with Gasteiger partial charge in [-0.2, -0.15) is 0 Å². The number of allylic oxidation sites excluding steroid dienone is 2. The van der Waals surface area contributed by atoms with Crippen LogP contribution < -0.4 is 0 Å². The lowest BCUT2D eigenvalue weighted by Gasteiger charge is -2.13. The Bertz CT molecular complexity index is 253. The van der Waals surface area contributed by atoms with E-state index in [1.165, 1.54) is 6.92 Å². The summed E-state index contributed by atoms with van der Waals surface area (Å²) in [6.45, 7) is 3.31. The Morgan fingerprint density at radius 1 is 1.67 bits per heavy atom. The van der Waals surface area contributed by atoms with Crippen molar-refractivity contribution >= 4 is 15.2 Å². The van der Waals surface area contributed by atoms with E-state index in [9.17, 15) is 4.79 Å². The maximum absolute atomic E-state index is 10.6. The summed E-state index contributed by atoms with van der Waals surface area (Å²) >= 11 is 0. The highest BCUT2D eigenvalue weighted by atomic mass is 31.0. The minimum absolute atomic E-state index is 0.117. The Morgan fingerprint density at radius 2 is 2.33 bits per heavy atom. The normalized spacial score (nSPS) is 18.2. The maximum atomic E-state index is 10.6. The van der Waals surface area contributed by atoms with Gasteiger partial charge in [0.15, 0.2) is 0 Å². The third-order valence-electron chi connectivity index (χ3n) is 1.79. The number of hydrogen-bond donors (Lipinski definition) is 0. The average Bonchev–Trinajstić information content (AvgIpc) is 2.33. The molecule has 12 heavy (non-hydrogen) atoms. The molecule has 1 rings (SSSR count). The highest BCUT2D eigenvalue weighted by Gasteiger charge is 2.15. The van der Waals surface area contributed by atoms with E-state index in [4.69, 9.17) is 4.74 Å². The van der Waals surface area contributed by atoms with Gasteiger partial charge in [-0.05, 0) is 24.2 Å². The van der Waals surface area contributed by atoms with Gasteiger partial charge in [-0.3, -0.25) is 4.79 Å². The van der Waals surface area contributed by atoms with Gasteiger partial charge in [0.25, 0.3) is 0 Å². The molecule has 0 aromatic carbocycles. The first-order valence-corrected chi connectivity index (χ1v) is 4.52. The highest BCUT2D eigenvalue weighted by Crippen LogP contribution is 2.28. The van der Waals surface area contributed by atoms with Crippen molar-refractivity contribution in [2.75, 3.05) is 0 Å². The third-order valence-corrected chi connectivity index (χ3v) is 2.36. The van der Waals surface area contributed by atoms with E-state index in [0.717, 1.165) is 17.3 Å². The summed E-state index contributed by atoms with van der Waals surface area (Å²) < 4.78 is 5.04. The number of esters is 1. The summed E-state index contributed by atoms with van der Waals surface area (Å²) in [5.41, 5.74) is 1.11. The number of carbonyl (C=O) groups excluding carboxylic acids is 1. The molecule has 0 amide bonds. The molecule has 0 saturated heterocycles. The zero-order valence-corrected chi connectivity index (χ0v) is 8.49. The van der Waals surface area contributed by atoms with E-state index in [-0.39, 0.29) is 12.1 Å². The summed E-state index contributed by atoms with van der Waals surface area (Å²) in [5.74, 6) is -0.229. The zero-order chi connectivity index (χ0) is 9.14. The first-order chi connectivity index (χ1) is 5.61. The van der Waals surface area contributed by atoms with Crippen molar-refractivity contribution in [2.24, 2.45) is 0 Å². The maximum Gasteiger partial charge on any atom is 0.303 e. The van der Waals surface area contributed by atoms with Crippen LogP contribution in [0.1, 0.15) is 20.3 Å². The lowest BCUT2D eigenvalue weighted by molar-refractivity contribution is -0.143. The van der Waals surface area contributed by atoms with E-state index in [0.29, 0.717) is 0 Å².